The highest BCUT2D eigenvalue weighted by molar-refractivity contribution is 6.06. The lowest BCUT2D eigenvalue weighted by molar-refractivity contribution is 0.102. The molecule has 4 nitrogen and oxygen atoms in total. The third-order valence-corrected chi connectivity index (χ3v) is 3.09. The zero-order valence-corrected chi connectivity index (χ0v) is 13.7. The molecule has 0 heterocycles. The van der Waals surface area contributed by atoms with Crippen LogP contribution in [0.2, 0.25) is 0 Å². The lowest BCUT2D eigenvalue weighted by Gasteiger charge is -2.12. The number of benzene rings is 2. The van der Waals surface area contributed by atoms with E-state index < -0.39 is 0 Å². The molecule has 0 aromatic heterocycles. The topological polar surface area (TPSA) is 47.6 Å². The van der Waals surface area contributed by atoms with Crippen LogP contribution >= 0.6 is 0 Å². The largest absolute Gasteiger partial charge is 0.490 e. The summed E-state index contributed by atoms with van der Waals surface area (Å²) in [6.07, 6.45) is 1.68. The average molecular weight is 323 g/mol. The van der Waals surface area contributed by atoms with Crippen LogP contribution in [0.25, 0.3) is 0 Å². The molecule has 4 heteroatoms. The summed E-state index contributed by atoms with van der Waals surface area (Å²) in [5.74, 6) is 1.02. The maximum absolute atomic E-state index is 12.5. The first kappa shape index (κ1) is 17.3. The summed E-state index contributed by atoms with van der Waals surface area (Å²) in [4.78, 5) is 12.5. The quantitative estimate of drug-likeness (QED) is 0.730. The standard InChI is InChI=1S/C20H21NO3/c1-4-13-23-17-11-9-16(10-12-17)21-20(22)18-7-5-6-8-19(18)24-14-15(2)3/h4-12H,1-2,13-14H2,3H3,(H,21,22). The zero-order valence-electron chi connectivity index (χ0n) is 13.7. The molecule has 124 valence electrons. The predicted octanol–water partition coefficient (Wildman–Crippen LogP) is 4.46. The minimum Gasteiger partial charge on any atom is -0.490 e. The monoisotopic (exact) mass is 323 g/mol. The van der Waals surface area contributed by atoms with E-state index in [4.69, 9.17) is 9.47 Å². The van der Waals surface area contributed by atoms with Crippen molar-refractivity contribution in [2.24, 2.45) is 0 Å². The van der Waals surface area contributed by atoms with E-state index in [9.17, 15) is 4.79 Å². The number of hydrogen-bond acceptors (Lipinski definition) is 3. The molecule has 2 aromatic rings. The molecule has 0 aliphatic carbocycles. The summed E-state index contributed by atoms with van der Waals surface area (Å²) in [6, 6.07) is 14.3. The van der Waals surface area contributed by atoms with Crippen LogP contribution in [0.15, 0.2) is 73.3 Å². The molecule has 0 atom stereocenters. The van der Waals surface area contributed by atoms with Crippen molar-refractivity contribution in [3.8, 4) is 11.5 Å². The van der Waals surface area contributed by atoms with Gasteiger partial charge in [0.25, 0.3) is 5.91 Å². The molecular formula is C20H21NO3. The molecule has 24 heavy (non-hydrogen) atoms. The molecule has 0 aliphatic rings. The molecule has 0 fully saturated rings. The summed E-state index contributed by atoms with van der Waals surface area (Å²) >= 11 is 0. The molecule has 1 N–H and O–H groups in total. The van der Waals surface area contributed by atoms with Crippen LogP contribution in [0.3, 0.4) is 0 Å². The Bertz CT molecular complexity index is 720. The Morgan fingerprint density at radius 2 is 1.83 bits per heavy atom. The van der Waals surface area contributed by atoms with Crippen LogP contribution in [0.4, 0.5) is 5.69 Å². The van der Waals surface area contributed by atoms with E-state index >= 15 is 0 Å². The SMILES string of the molecule is C=CCOc1ccc(NC(=O)c2ccccc2OCC(=C)C)cc1. The number of rotatable bonds is 8. The molecule has 0 aliphatic heterocycles. The molecular weight excluding hydrogens is 302 g/mol. The summed E-state index contributed by atoms with van der Waals surface area (Å²) in [6.45, 7) is 10.1. The summed E-state index contributed by atoms with van der Waals surface area (Å²) in [5.41, 5.74) is 2.05. The molecule has 2 aromatic carbocycles. The van der Waals surface area contributed by atoms with Gasteiger partial charge in [0.05, 0.1) is 5.56 Å². The number of nitrogens with one attached hydrogen (secondary N) is 1. The molecule has 0 saturated heterocycles. The van der Waals surface area contributed by atoms with Crippen molar-refractivity contribution in [3.05, 3.63) is 78.9 Å². The van der Waals surface area contributed by atoms with E-state index in [1.807, 2.05) is 13.0 Å². The van der Waals surface area contributed by atoms with Crippen molar-refractivity contribution >= 4 is 11.6 Å². The number of hydrogen-bond donors (Lipinski definition) is 1. The van der Waals surface area contributed by atoms with Crippen molar-refractivity contribution in [1.29, 1.82) is 0 Å². The van der Waals surface area contributed by atoms with E-state index in [-0.39, 0.29) is 5.91 Å². The number of amides is 1. The van der Waals surface area contributed by atoms with Gasteiger partial charge < -0.3 is 14.8 Å². The van der Waals surface area contributed by atoms with Gasteiger partial charge in [-0.15, -0.1) is 0 Å². The van der Waals surface area contributed by atoms with Crippen LogP contribution in [0.5, 0.6) is 11.5 Å². The Hall–Kier alpha value is -3.01. The minimum atomic E-state index is -0.230. The van der Waals surface area contributed by atoms with Crippen molar-refractivity contribution in [2.75, 3.05) is 18.5 Å². The number of carbonyl (C=O) groups excluding carboxylic acids is 1. The second-order valence-electron chi connectivity index (χ2n) is 5.32. The minimum absolute atomic E-state index is 0.230. The van der Waals surface area contributed by atoms with Gasteiger partial charge in [0.15, 0.2) is 0 Å². The maximum Gasteiger partial charge on any atom is 0.259 e. The highest BCUT2D eigenvalue weighted by Gasteiger charge is 2.12. The van der Waals surface area contributed by atoms with Crippen molar-refractivity contribution < 1.29 is 14.3 Å². The fourth-order valence-electron chi connectivity index (χ4n) is 1.97. The molecule has 0 bridgehead atoms. The van der Waals surface area contributed by atoms with E-state index in [1.165, 1.54) is 0 Å². The summed E-state index contributed by atoms with van der Waals surface area (Å²) in [7, 11) is 0. The lowest BCUT2D eigenvalue weighted by Crippen LogP contribution is -2.14. The Labute approximate surface area is 142 Å². The van der Waals surface area contributed by atoms with E-state index in [0.717, 1.165) is 11.3 Å². The number of para-hydroxylation sites is 1. The van der Waals surface area contributed by atoms with Crippen molar-refractivity contribution in [2.45, 2.75) is 6.92 Å². The van der Waals surface area contributed by atoms with Crippen LogP contribution in [-0.2, 0) is 0 Å². The highest BCUT2D eigenvalue weighted by atomic mass is 16.5. The second kappa shape index (κ2) is 8.58. The summed E-state index contributed by atoms with van der Waals surface area (Å²) in [5, 5.41) is 2.85. The zero-order chi connectivity index (χ0) is 17.4. The highest BCUT2D eigenvalue weighted by Crippen LogP contribution is 2.21. The van der Waals surface area contributed by atoms with Crippen molar-refractivity contribution in [3.63, 3.8) is 0 Å². The Kier molecular flexibility index (Phi) is 6.20. The molecule has 0 radical (unpaired) electrons. The van der Waals surface area contributed by atoms with Gasteiger partial charge in [-0.1, -0.05) is 31.4 Å². The first-order chi connectivity index (χ1) is 11.6. The van der Waals surface area contributed by atoms with Gasteiger partial charge in [0.2, 0.25) is 0 Å². The third-order valence-electron chi connectivity index (χ3n) is 3.09. The maximum atomic E-state index is 12.5. The molecule has 0 spiro atoms. The van der Waals surface area contributed by atoms with E-state index in [2.05, 4.69) is 18.5 Å². The molecule has 2 rings (SSSR count). The van der Waals surface area contributed by atoms with E-state index in [1.54, 1.807) is 48.5 Å². The van der Waals surface area contributed by atoms with Gasteiger partial charge in [-0.3, -0.25) is 4.79 Å². The molecule has 0 unspecified atom stereocenters. The van der Waals surface area contributed by atoms with Crippen molar-refractivity contribution in [1.82, 2.24) is 0 Å². The van der Waals surface area contributed by atoms with Crippen LogP contribution in [0.1, 0.15) is 17.3 Å². The van der Waals surface area contributed by atoms with Gasteiger partial charge in [-0.05, 0) is 48.9 Å². The van der Waals surface area contributed by atoms with Crippen LogP contribution in [-0.4, -0.2) is 19.1 Å². The van der Waals surface area contributed by atoms with Gasteiger partial charge in [-0.2, -0.15) is 0 Å². The second-order valence-corrected chi connectivity index (χ2v) is 5.32. The Morgan fingerprint density at radius 3 is 2.50 bits per heavy atom. The van der Waals surface area contributed by atoms with Gasteiger partial charge >= 0.3 is 0 Å². The fraction of sp³-hybridized carbons (Fsp3) is 0.150. The summed E-state index contributed by atoms with van der Waals surface area (Å²) < 4.78 is 11.0. The predicted molar refractivity (Wildman–Crippen MR) is 96.8 cm³/mol. The van der Waals surface area contributed by atoms with Crippen LogP contribution < -0.4 is 14.8 Å². The lowest BCUT2D eigenvalue weighted by atomic mass is 10.2. The molecule has 0 saturated carbocycles. The number of ether oxygens (including phenoxy) is 2. The number of anilines is 1. The smallest absolute Gasteiger partial charge is 0.259 e. The molecule has 1 amide bonds. The normalized spacial score (nSPS) is 9.88. The fourth-order valence-corrected chi connectivity index (χ4v) is 1.97. The number of carbonyl (C=O) groups is 1. The first-order valence-corrected chi connectivity index (χ1v) is 7.61. The van der Waals surface area contributed by atoms with Gasteiger partial charge in [0, 0.05) is 5.69 Å². The first-order valence-electron chi connectivity index (χ1n) is 7.61. The van der Waals surface area contributed by atoms with Gasteiger partial charge in [0.1, 0.15) is 24.7 Å². The van der Waals surface area contributed by atoms with Gasteiger partial charge in [-0.25, -0.2) is 0 Å². The Morgan fingerprint density at radius 1 is 1.12 bits per heavy atom. The average Bonchev–Trinajstić information content (AvgIpc) is 2.59. The van der Waals surface area contributed by atoms with Crippen LogP contribution in [0, 0.1) is 0 Å². The Balaban J connectivity index is 2.06. The third kappa shape index (κ3) is 5.02. The van der Waals surface area contributed by atoms with E-state index in [0.29, 0.717) is 30.2 Å².